The summed E-state index contributed by atoms with van der Waals surface area (Å²) in [4.78, 5) is 26.1. The number of fused-ring (bicyclic) bond motifs is 2. The number of carbonyl (C=O) groups excluding carboxylic acids is 2. The Labute approximate surface area is 147 Å². The van der Waals surface area contributed by atoms with E-state index in [1.807, 2.05) is 6.92 Å². The van der Waals surface area contributed by atoms with Gasteiger partial charge in [0.15, 0.2) is 23.1 Å². The molecule has 2 bridgehead atoms. The summed E-state index contributed by atoms with van der Waals surface area (Å²) in [5.41, 5.74) is 0.202. The SMILES string of the molecule is C=CCC12CC(OC)C(=O)C(C1=O)C(c1ccc(O)c(OC)c1)C2C. The number of rotatable bonds is 5. The molecule has 0 radical (unpaired) electrons. The lowest BCUT2D eigenvalue weighted by Gasteiger charge is -2.36. The third-order valence-corrected chi connectivity index (χ3v) is 6.10. The van der Waals surface area contributed by atoms with Gasteiger partial charge in [0.2, 0.25) is 0 Å². The van der Waals surface area contributed by atoms with E-state index in [9.17, 15) is 14.7 Å². The second-order valence-corrected chi connectivity index (χ2v) is 7.07. The molecule has 3 rings (SSSR count). The normalized spacial score (nSPS) is 34.2. The van der Waals surface area contributed by atoms with Crippen LogP contribution < -0.4 is 4.74 Å². The predicted molar refractivity (Wildman–Crippen MR) is 92.7 cm³/mol. The van der Waals surface area contributed by atoms with Gasteiger partial charge in [0, 0.05) is 18.4 Å². The van der Waals surface area contributed by atoms with Crippen LogP contribution in [-0.4, -0.2) is 37.0 Å². The number of hydrogen-bond acceptors (Lipinski definition) is 5. The summed E-state index contributed by atoms with van der Waals surface area (Å²) < 4.78 is 10.6. The molecular formula is C20H24O5. The molecule has 5 atom stereocenters. The van der Waals surface area contributed by atoms with Crippen LogP contribution in [0.5, 0.6) is 11.5 Å². The number of Topliss-reactive ketones (excluding diaryl/α,β-unsaturated/α-hetero) is 2. The minimum atomic E-state index is -0.720. The molecule has 0 spiro atoms. The van der Waals surface area contributed by atoms with Crippen molar-refractivity contribution in [1.29, 1.82) is 0 Å². The molecular weight excluding hydrogens is 320 g/mol. The van der Waals surface area contributed by atoms with Crippen LogP contribution in [0.2, 0.25) is 0 Å². The van der Waals surface area contributed by atoms with Crippen molar-refractivity contribution in [3.05, 3.63) is 36.4 Å². The number of allylic oxidation sites excluding steroid dienone is 1. The lowest BCUT2D eigenvalue weighted by molar-refractivity contribution is -0.149. The molecule has 1 N–H and O–H groups in total. The van der Waals surface area contributed by atoms with Gasteiger partial charge in [-0.15, -0.1) is 6.58 Å². The molecule has 5 unspecified atom stereocenters. The second kappa shape index (κ2) is 6.30. The number of phenols is 1. The highest BCUT2D eigenvalue weighted by Crippen LogP contribution is 2.60. The van der Waals surface area contributed by atoms with E-state index in [1.54, 1.807) is 24.3 Å². The van der Waals surface area contributed by atoms with Crippen molar-refractivity contribution in [3.63, 3.8) is 0 Å². The van der Waals surface area contributed by atoms with E-state index in [0.717, 1.165) is 5.56 Å². The van der Waals surface area contributed by atoms with Crippen molar-refractivity contribution < 1.29 is 24.2 Å². The molecule has 0 heterocycles. The van der Waals surface area contributed by atoms with Crippen LogP contribution in [0.4, 0.5) is 0 Å². The first-order valence-corrected chi connectivity index (χ1v) is 8.50. The summed E-state index contributed by atoms with van der Waals surface area (Å²) >= 11 is 0. The van der Waals surface area contributed by atoms with E-state index < -0.39 is 17.4 Å². The van der Waals surface area contributed by atoms with E-state index in [2.05, 4.69) is 6.58 Å². The maximum absolute atomic E-state index is 13.2. The van der Waals surface area contributed by atoms with Gasteiger partial charge in [-0.3, -0.25) is 9.59 Å². The van der Waals surface area contributed by atoms with Gasteiger partial charge in [-0.2, -0.15) is 0 Å². The highest BCUT2D eigenvalue weighted by Gasteiger charge is 2.65. The fraction of sp³-hybridized carbons (Fsp3) is 0.500. The Morgan fingerprint density at radius 1 is 1.36 bits per heavy atom. The van der Waals surface area contributed by atoms with Gasteiger partial charge in [0.05, 0.1) is 13.0 Å². The average molecular weight is 344 g/mol. The molecule has 1 aromatic carbocycles. The van der Waals surface area contributed by atoms with E-state index >= 15 is 0 Å². The van der Waals surface area contributed by atoms with Crippen molar-refractivity contribution in [1.82, 2.24) is 0 Å². The summed E-state index contributed by atoms with van der Waals surface area (Å²) in [6.45, 7) is 5.84. The number of benzene rings is 1. The molecule has 0 aliphatic heterocycles. The zero-order valence-corrected chi connectivity index (χ0v) is 14.8. The van der Waals surface area contributed by atoms with Crippen molar-refractivity contribution in [2.24, 2.45) is 17.3 Å². The molecule has 25 heavy (non-hydrogen) atoms. The maximum Gasteiger partial charge on any atom is 0.172 e. The standard InChI is InChI=1S/C20H24O5/c1-5-8-20-10-15(25-4)18(22)17(19(20)23)16(11(20)2)12-6-7-13(21)14(9-12)24-3/h5-7,9,11,15-17,21H,1,8,10H2,2-4H3. The number of phenolic OH excluding ortho intramolecular Hbond substituents is 1. The Kier molecular flexibility index (Phi) is 4.45. The van der Waals surface area contributed by atoms with Crippen molar-refractivity contribution in [3.8, 4) is 11.5 Å². The third-order valence-electron chi connectivity index (χ3n) is 6.10. The van der Waals surface area contributed by atoms with E-state index in [4.69, 9.17) is 9.47 Å². The Hall–Kier alpha value is -2.14. The lowest BCUT2D eigenvalue weighted by Crippen LogP contribution is -2.47. The summed E-state index contributed by atoms with van der Waals surface area (Å²) in [7, 11) is 2.99. The molecule has 1 aromatic rings. The smallest absolute Gasteiger partial charge is 0.172 e. The number of ether oxygens (including phenoxy) is 2. The van der Waals surface area contributed by atoms with Crippen LogP contribution >= 0.6 is 0 Å². The first-order chi connectivity index (χ1) is 11.9. The zero-order valence-electron chi connectivity index (χ0n) is 14.8. The largest absolute Gasteiger partial charge is 0.504 e. The first kappa shape index (κ1) is 17.7. The lowest BCUT2D eigenvalue weighted by atomic mass is 9.67. The van der Waals surface area contributed by atoms with Crippen LogP contribution in [-0.2, 0) is 14.3 Å². The van der Waals surface area contributed by atoms with Gasteiger partial charge in [-0.25, -0.2) is 0 Å². The Bertz CT molecular complexity index is 725. The topological polar surface area (TPSA) is 72.8 Å². The van der Waals surface area contributed by atoms with E-state index in [1.165, 1.54) is 14.2 Å². The summed E-state index contributed by atoms with van der Waals surface area (Å²) in [5.74, 6) is -0.789. The van der Waals surface area contributed by atoms with Crippen molar-refractivity contribution in [2.45, 2.75) is 31.8 Å². The van der Waals surface area contributed by atoms with Gasteiger partial charge in [-0.05, 0) is 36.5 Å². The molecule has 134 valence electrons. The number of carbonyl (C=O) groups is 2. The summed E-state index contributed by atoms with van der Waals surface area (Å²) in [5, 5.41) is 9.86. The molecule has 5 nitrogen and oxygen atoms in total. The molecule has 5 heteroatoms. The third kappa shape index (κ3) is 2.41. The Balaban J connectivity index is 2.13. The van der Waals surface area contributed by atoms with Crippen LogP contribution in [0.3, 0.4) is 0 Å². The minimum Gasteiger partial charge on any atom is -0.504 e. The van der Waals surface area contributed by atoms with Gasteiger partial charge >= 0.3 is 0 Å². The average Bonchev–Trinajstić information content (AvgIpc) is 2.75. The molecule has 0 amide bonds. The van der Waals surface area contributed by atoms with Crippen molar-refractivity contribution >= 4 is 11.6 Å². The predicted octanol–water partition coefficient (Wildman–Crippen LogP) is 2.87. The molecule has 2 fully saturated rings. The molecule has 2 aliphatic carbocycles. The fourth-order valence-corrected chi connectivity index (χ4v) is 4.76. The van der Waals surface area contributed by atoms with Gasteiger partial charge in [-0.1, -0.05) is 19.1 Å². The molecule has 0 aromatic heterocycles. The summed E-state index contributed by atoms with van der Waals surface area (Å²) in [6.07, 6.45) is 2.13. The molecule has 0 saturated heterocycles. The van der Waals surface area contributed by atoms with Crippen molar-refractivity contribution in [2.75, 3.05) is 14.2 Å². The van der Waals surface area contributed by atoms with E-state index in [0.29, 0.717) is 18.6 Å². The zero-order chi connectivity index (χ0) is 18.4. The van der Waals surface area contributed by atoms with Crippen LogP contribution in [0.15, 0.2) is 30.9 Å². The number of hydrogen-bond donors (Lipinski definition) is 1. The number of methoxy groups -OCH3 is 2. The number of ketones is 2. The second-order valence-electron chi connectivity index (χ2n) is 7.07. The Morgan fingerprint density at radius 2 is 2.08 bits per heavy atom. The van der Waals surface area contributed by atoms with Crippen LogP contribution in [0.25, 0.3) is 0 Å². The fourth-order valence-electron chi connectivity index (χ4n) is 4.76. The molecule has 2 saturated carbocycles. The van der Waals surface area contributed by atoms with Crippen LogP contribution in [0.1, 0.15) is 31.2 Å². The number of aromatic hydroxyl groups is 1. The quantitative estimate of drug-likeness (QED) is 0.657. The van der Waals surface area contributed by atoms with E-state index in [-0.39, 0.29) is 29.2 Å². The Morgan fingerprint density at radius 3 is 2.68 bits per heavy atom. The molecule has 2 aliphatic rings. The highest BCUT2D eigenvalue weighted by molar-refractivity contribution is 6.12. The highest BCUT2D eigenvalue weighted by atomic mass is 16.5. The van der Waals surface area contributed by atoms with Gasteiger partial charge < -0.3 is 14.6 Å². The summed E-state index contributed by atoms with van der Waals surface area (Å²) in [6, 6.07) is 5.04. The monoisotopic (exact) mass is 344 g/mol. The minimum absolute atomic E-state index is 0.00441. The van der Waals surface area contributed by atoms with Crippen LogP contribution in [0, 0.1) is 17.3 Å². The first-order valence-electron chi connectivity index (χ1n) is 8.50. The van der Waals surface area contributed by atoms with Gasteiger partial charge in [0.1, 0.15) is 6.10 Å². The van der Waals surface area contributed by atoms with Gasteiger partial charge in [0.25, 0.3) is 0 Å². The maximum atomic E-state index is 13.2.